The van der Waals surface area contributed by atoms with Crippen LogP contribution in [0.15, 0.2) is 18.2 Å². The van der Waals surface area contributed by atoms with E-state index >= 15 is 0 Å². The highest BCUT2D eigenvalue weighted by Crippen LogP contribution is 2.26. The monoisotopic (exact) mass is 282 g/mol. The Kier molecular flexibility index (Phi) is 5.56. The first-order valence-electron chi connectivity index (χ1n) is 5.54. The van der Waals surface area contributed by atoms with Crippen molar-refractivity contribution in [3.63, 3.8) is 0 Å². The zero-order chi connectivity index (χ0) is 14.5. The van der Waals surface area contributed by atoms with Crippen molar-refractivity contribution < 1.29 is 32.1 Å². The van der Waals surface area contributed by atoms with E-state index in [1.807, 2.05) is 0 Å². The van der Waals surface area contributed by atoms with Crippen LogP contribution in [0.2, 0.25) is 0 Å². The molecule has 1 rings (SSSR count). The Morgan fingerprint density at radius 2 is 1.95 bits per heavy atom. The van der Waals surface area contributed by atoms with E-state index in [2.05, 4.69) is 4.74 Å². The van der Waals surface area contributed by atoms with Crippen molar-refractivity contribution in [3.05, 3.63) is 29.6 Å². The molecule has 0 aliphatic carbocycles. The second-order valence-corrected chi connectivity index (χ2v) is 3.87. The highest BCUT2D eigenvalue weighted by molar-refractivity contribution is 5.35. The molecule has 1 aromatic carbocycles. The van der Waals surface area contributed by atoms with Gasteiger partial charge < -0.3 is 14.6 Å². The summed E-state index contributed by atoms with van der Waals surface area (Å²) in [5.41, 5.74) is 0.359. The van der Waals surface area contributed by atoms with E-state index in [1.165, 1.54) is 13.0 Å². The second-order valence-electron chi connectivity index (χ2n) is 3.87. The minimum Gasteiger partial charge on any atom is -0.491 e. The van der Waals surface area contributed by atoms with Gasteiger partial charge in [-0.1, -0.05) is 0 Å². The molecule has 0 bridgehead atoms. The van der Waals surface area contributed by atoms with E-state index in [9.17, 15) is 22.7 Å². The fraction of sp³-hybridized carbons (Fsp3) is 0.500. The third kappa shape index (κ3) is 5.89. The number of halogens is 4. The maximum atomic E-state index is 13.0. The second kappa shape index (κ2) is 6.72. The van der Waals surface area contributed by atoms with E-state index < -0.39 is 24.7 Å². The van der Waals surface area contributed by atoms with Crippen LogP contribution in [-0.4, -0.2) is 31.1 Å². The van der Waals surface area contributed by atoms with Gasteiger partial charge in [0.2, 0.25) is 0 Å². The van der Waals surface area contributed by atoms with Crippen molar-refractivity contribution >= 4 is 0 Å². The lowest BCUT2D eigenvalue weighted by molar-refractivity contribution is -0.175. The molecule has 1 aromatic rings. The number of benzene rings is 1. The molecule has 0 aromatic heterocycles. The van der Waals surface area contributed by atoms with Crippen LogP contribution >= 0.6 is 0 Å². The Bertz CT molecular complexity index is 404. The number of hydrogen-bond donors (Lipinski definition) is 1. The number of alkyl halides is 3. The van der Waals surface area contributed by atoms with Gasteiger partial charge in [0.1, 0.15) is 24.8 Å². The molecule has 0 radical (unpaired) electrons. The summed E-state index contributed by atoms with van der Waals surface area (Å²) in [4.78, 5) is 0. The summed E-state index contributed by atoms with van der Waals surface area (Å²) in [6, 6.07) is 3.58. The van der Waals surface area contributed by atoms with Gasteiger partial charge in [-0.2, -0.15) is 13.2 Å². The summed E-state index contributed by atoms with van der Waals surface area (Å²) in [7, 11) is 0. The fourth-order valence-corrected chi connectivity index (χ4v) is 1.38. The van der Waals surface area contributed by atoms with Gasteiger partial charge in [-0.3, -0.25) is 0 Å². The molecule has 19 heavy (non-hydrogen) atoms. The molecule has 0 saturated carbocycles. The van der Waals surface area contributed by atoms with Gasteiger partial charge in [0.25, 0.3) is 0 Å². The molecule has 0 spiro atoms. The van der Waals surface area contributed by atoms with Gasteiger partial charge in [-0.15, -0.1) is 0 Å². The van der Waals surface area contributed by atoms with Gasteiger partial charge in [0, 0.05) is 11.6 Å². The van der Waals surface area contributed by atoms with Crippen molar-refractivity contribution in [3.8, 4) is 5.75 Å². The lowest BCUT2D eigenvalue weighted by atomic mass is 10.1. The van der Waals surface area contributed by atoms with E-state index in [0.29, 0.717) is 5.56 Å². The average Bonchev–Trinajstić information content (AvgIpc) is 2.26. The zero-order valence-electron chi connectivity index (χ0n) is 10.2. The quantitative estimate of drug-likeness (QED) is 0.644. The zero-order valence-corrected chi connectivity index (χ0v) is 10.2. The Hall–Kier alpha value is -1.34. The summed E-state index contributed by atoms with van der Waals surface area (Å²) in [5, 5.41) is 9.42. The van der Waals surface area contributed by atoms with Crippen molar-refractivity contribution in [2.75, 3.05) is 19.8 Å². The fourth-order valence-electron chi connectivity index (χ4n) is 1.38. The van der Waals surface area contributed by atoms with Gasteiger partial charge in [0.15, 0.2) is 0 Å². The minimum atomic E-state index is -4.39. The van der Waals surface area contributed by atoms with Crippen LogP contribution in [0.4, 0.5) is 17.6 Å². The van der Waals surface area contributed by atoms with Crippen LogP contribution in [0.25, 0.3) is 0 Å². The molecule has 0 amide bonds. The van der Waals surface area contributed by atoms with Crippen molar-refractivity contribution in [1.82, 2.24) is 0 Å². The molecule has 108 valence electrons. The predicted molar refractivity (Wildman–Crippen MR) is 59.4 cm³/mol. The van der Waals surface area contributed by atoms with E-state index in [1.54, 1.807) is 0 Å². The van der Waals surface area contributed by atoms with Gasteiger partial charge >= 0.3 is 6.18 Å². The predicted octanol–water partition coefficient (Wildman–Crippen LogP) is 2.84. The van der Waals surface area contributed by atoms with Crippen molar-refractivity contribution in [2.45, 2.75) is 19.2 Å². The van der Waals surface area contributed by atoms with Gasteiger partial charge in [0.05, 0.1) is 12.7 Å². The summed E-state index contributed by atoms with van der Waals surface area (Å²) in [6.07, 6.45) is -5.25. The summed E-state index contributed by atoms with van der Waals surface area (Å²) in [5.74, 6) is -0.471. The molecule has 1 unspecified atom stereocenters. The Balaban J connectivity index is 2.46. The third-order valence-electron chi connectivity index (χ3n) is 2.18. The molecule has 0 fully saturated rings. The summed E-state index contributed by atoms with van der Waals surface area (Å²) in [6.45, 7) is -0.336. The molecule has 3 nitrogen and oxygen atoms in total. The average molecular weight is 282 g/mol. The van der Waals surface area contributed by atoms with Crippen LogP contribution < -0.4 is 4.74 Å². The minimum absolute atomic E-state index is 0.0885. The van der Waals surface area contributed by atoms with Crippen LogP contribution in [0.5, 0.6) is 5.75 Å². The van der Waals surface area contributed by atoms with Crippen LogP contribution in [0.3, 0.4) is 0 Å². The van der Waals surface area contributed by atoms with E-state index in [0.717, 1.165) is 12.1 Å². The Morgan fingerprint density at radius 3 is 2.53 bits per heavy atom. The number of rotatable bonds is 6. The third-order valence-corrected chi connectivity index (χ3v) is 2.18. The molecule has 0 aliphatic rings. The summed E-state index contributed by atoms with van der Waals surface area (Å²) < 4.78 is 57.8. The number of ether oxygens (including phenoxy) is 2. The van der Waals surface area contributed by atoms with E-state index in [-0.39, 0.29) is 19.0 Å². The highest BCUT2D eigenvalue weighted by atomic mass is 19.4. The molecule has 0 aliphatic heterocycles. The van der Waals surface area contributed by atoms with Gasteiger partial charge in [-0.05, 0) is 19.1 Å². The topological polar surface area (TPSA) is 38.7 Å². The normalized spacial score (nSPS) is 13.4. The SMILES string of the molecule is CC(O)c1ccc(F)cc1OCCOCC(F)(F)F. The van der Waals surface area contributed by atoms with E-state index in [4.69, 9.17) is 4.74 Å². The molecule has 1 atom stereocenters. The molecule has 1 N–H and O–H groups in total. The van der Waals surface area contributed by atoms with Crippen molar-refractivity contribution in [2.24, 2.45) is 0 Å². The first-order chi connectivity index (χ1) is 8.79. The van der Waals surface area contributed by atoms with Crippen LogP contribution in [0.1, 0.15) is 18.6 Å². The number of hydrogen-bond acceptors (Lipinski definition) is 3. The number of aliphatic hydroxyl groups is 1. The Labute approximate surface area is 107 Å². The molecular weight excluding hydrogens is 268 g/mol. The molecule has 0 heterocycles. The highest BCUT2D eigenvalue weighted by Gasteiger charge is 2.27. The molecule has 7 heteroatoms. The molecule has 0 saturated heterocycles. The largest absolute Gasteiger partial charge is 0.491 e. The summed E-state index contributed by atoms with van der Waals surface area (Å²) >= 11 is 0. The first-order valence-corrected chi connectivity index (χ1v) is 5.54. The smallest absolute Gasteiger partial charge is 0.411 e. The maximum absolute atomic E-state index is 13.0. The lowest BCUT2D eigenvalue weighted by Crippen LogP contribution is -2.19. The lowest BCUT2D eigenvalue weighted by Gasteiger charge is -2.14. The van der Waals surface area contributed by atoms with Crippen molar-refractivity contribution in [1.29, 1.82) is 0 Å². The first kappa shape index (κ1) is 15.7. The molecular formula is C12H14F4O3. The maximum Gasteiger partial charge on any atom is 0.411 e. The van der Waals surface area contributed by atoms with Gasteiger partial charge in [-0.25, -0.2) is 4.39 Å². The van der Waals surface area contributed by atoms with Crippen LogP contribution in [0, 0.1) is 5.82 Å². The standard InChI is InChI=1S/C12H14F4O3/c1-8(17)10-3-2-9(13)6-11(10)19-5-4-18-7-12(14,15)16/h2-3,6,8,17H,4-5,7H2,1H3. The van der Waals surface area contributed by atoms with Crippen LogP contribution in [-0.2, 0) is 4.74 Å². The number of aliphatic hydroxyl groups excluding tert-OH is 1. The Morgan fingerprint density at radius 1 is 1.26 bits per heavy atom.